The molecule has 0 amide bonds. The van der Waals surface area contributed by atoms with Crippen LogP contribution in [0, 0.1) is 10.8 Å². The van der Waals surface area contributed by atoms with Gasteiger partial charge in [0, 0.05) is 16.7 Å². The van der Waals surface area contributed by atoms with Crippen molar-refractivity contribution < 1.29 is 4.74 Å². The van der Waals surface area contributed by atoms with Gasteiger partial charge in [-0.25, -0.2) is 4.68 Å². The largest absolute Gasteiger partial charge is 0.496 e. The van der Waals surface area contributed by atoms with Crippen LogP contribution < -0.4 is 16.2 Å². The van der Waals surface area contributed by atoms with Crippen molar-refractivity contribution in [2.75, 3.05) is 7.11 Å². The molecule has 0 saturated heterocycles. The SMILES string of the molecule is COc1ccc(C(=N)N)cc1-c1cn(-c2ccc(C(=N)N)cc2)nn1. The van der Waals surface area contributed by atoms with Crippen molar-refractivity contribution in [3.05, 3.63) is 59.8 Å². The molecule has 6 N–H and O–H groups in total. The van der Waals surface area contributed by atoms with Gasteiger partial charge in [-0.05, 0) is 42.5 Å². The van der Waals surface area contributed by atoms with Gasteiger partial charge in [0.1, 0.15) is 23.1 Å². The lowest BCUT2D eigenvalue weighted by atomic mass is 10.1. The number of aromatic nitrogens is 3. The van der Waals surface area contributed by atoms with Gasteiger partial charge in [-0.3, -0.25) is 10.8 Å². The van der Waals surface area contributed by atoms with E-state index in [-0.39, 0.29) is 11.7 Å². The summed E-state index contributed by atoms with van der Waals surface area (Å²) in [5.74, 6) is 0.594. The predicted octanol–water partition coefficient (Wildman–Crippen LogP) is 1.51. The predicted molar refractivity (Wildman–Crippen MR) is 95.4 cm³/mol. The van der Waals surface area contributed by atoms with Crippen molar-refractivity contribution in [2.24, 2.45) is 11.5 Å². The van der Waals surface area contributed by atoms with Gasteiger partial charge in [0.15, 0.2) is 0 Å². The van der Waals surface area contributed by atoms with Crippen molar-refractivity contribution in [3.63, 3.8) is 0 Å². The van der Waals surface area contributed by atoms with E-state index in [1.54, 1.807) is 60.5 Å². The smallest absolute Gasteiger partial charge is 0.128 e. The third kappa shape index (κ3) is 3.18. The first-order valence-corrected chi connectivity index (χ1v) is 7.39. The van der Waals surface area contributed by atoms with Crippen molar-refractivity contribution in [1.82, 2.24) is 15.0 Å². The molecule has 8 nitrogen and oxygen atoms in total. The van der Waals surface area contributed by atoms with Gasteiger partial charge in [0.25, 0.3) is 0 Å². The van der Waals surface area contributed by atoms with E-state index in [9.17, 15) is 0 Å². The molecule has 126 valence electrons. The third-order valence-electron chi connectivity index (χ3n) is 3.72. The molecular formula is C17H17N7O. The molecule has 3 rings (SSSR count). The molecule has 0 unspecified atom stereocenters. The zero-order chi connectivity index (χ0) is 18.0. The van der Waals surface area contributed by atoms with E-state index in [1.165, 1.54) is 0 Å². The Morgan fingerprint density at radius 3 is 2.24 bits per heavy atom. The number of hydrogen-bond acceptors (Lipinski definition) is 5. The number of nitrogens with zero attached hydrogens (tertiary/aromatic N) is 3. The van der Waals surface area contributed by atoms with Gasteiger partial charge in [-0.1, -0.05) is 5.21 Å². The molecule has 2 aromatic carbocycles. The van der Waals surface area contributed by atoms with Crippen molar-refractivity contribution in [3.8, 4) is 22.7 Å². The minimum absolute atomic E-state index is 0.0108. The van der Waals surface area contributed by atoms with Crippen molar-refractivity contribution in [2.45, 2.75) is 0 Å². The topological polar surface area (TPSA) is 140 Å². The fourth-order valence-electron chi connectivity index (χ4n) is 2.38. The van der Waals surface area contributed by atoms with Crippen LogP contribution >= 0.6 is 0 Å². The Morgan fingerprint density at radius 2 is 1.64 bits per heavy atom. The van der Waals surface area contributed by atoms with Crippen molar-refractivity contribution >= 4 is 11.7 Å². The number of hydrogen-bond donors (Lipinski definition) is 4. The normalized spacial score (nSPS) is 10.4. The van der Waals surface area contributed by atoms with Crippen LogP contribution in [0.4, 0.5) is 0 Å². The van der Waals surface area contributed by atoms with Crippen LogP contribution in [0.2, 0.25) is 0 Å². The maximum absolute atomic E-state index is 7.58. The minimum atomic E-state index is -0.0314. The maximum atomic E-state index is 7.58. The Morgan fingerprint density at radius 1 is 1.00 bits per heavy atom. The van der Waals surface area contributed by atoms with E-state index in [4.69, 9.17) is 27.0 Å². The second kappa shape index (κ2) is 6.44. The lowest BCUT2D eigenvalue weighted by Crippen LogP contribution is -2.11. The van der Waals surface area contributed by atoms with E-state index in [1.807, 2.05) is 0 Å². The molecule has 0 aliphatic heterocycles. The fourth-order valence-corrected chi connectivity index (χ4v) is 2.38. The highest BCUT2D eigenvalue weighted by atomic mass is 16.5. The molecule has 0 aliphatic rings. The number of nitrogens with one attached hydrogen (secondary N) is 2. The Balaban J connectivity index is 2.00. The molecule has 1 heterocycles. The van der Waals surface area contributed by atoms with Gasteiger partial charge in [0.2, 0.25) is 0 Å². The highest BCUT2D eigenvalue weighted by Gasteiger charge is 2.13. The molecule has 0 aliphatic carbocycles. The zero-order valence-corrected chi connectivity index (χ0v) is 13.5. The Bertz CT molecular complexity index is 944. The minimum Gasteiger partial charge on any atom is -0.496 e. The number of benzene rings is 2. The van der Waals surface area contributed by atoms with Crippen LogP contribution in [0.15, 0.2) is 48.7 Å². The Hall–Kier alpha value is -3.68. The second-order valence-corrected chi connectivity index (χ2v) is 5.34. The number of methoxy groups -OCH3 is 1. The maximum Gasteiger partial charge on any atom is 0.128 e. The summed E-state index contributed by atoms with van der Waals surface area (Å²) in [5, 5.41) is 23.3. The fraction of sp³-hybridized carbons (Fsp3) is 0.0588. The first-order chi connectivity index (χ1) is 12.0. The average Bonchev–Trinajstić information content (AvgIpc) is 3.11. The van der Waals surface area contributed by atoms with Crippen LogP contribution in [0.1, 0.15) is 11.1 Å². The molecule has 0 radical (unpaired) electrons. The second-order valence-electron chi connectivity index (χ2n) is 5.34. The Kier molecular flexibility index (Phi) is 4.17. The number of amidine groups is 2. The summed E-state index contributed by atoms with van der Waals surface area (Å²) in [6, 6.07) is 12.3. The highest BCUT2D eigenvalue weighted by Crippen LogP contribution is 2.29. The van der Waals surface area contributed by atoms with Crippen LogP contribution in [0.3, 0.4) is 0 Å². The van der Waals surface area contributed by atoms with E-state index >= 15 is 0 Å². The monoisotopic (exact) mass is 335 g/mol. The van der Waals surface area contributed by atoms with Crippen LogP contribution in [0.25, 0.3) is 16.9 Å². The van der Waals surface area contributed by atoms with Gasteiger partial charge < -0.3 is 16.2 Å². The summed E-state index contributed by atoms with van der Waals surface area (Å²) in [7, 11) is 1.57. The molecule has 0 atom stereocenters. The van der Waals surface area contributed by atoms with E-state index in [2.05, 4.69) is 10.3 Å². The number of nitrogens with two attached hydrogens (primary N) is 2. The molecule has 0 fully saturated rings. The van der Waals surface area contributed by atoms with Crippen LogP contribution in [-0.4, -0.2) is 33.8 Å². The van der Waals surface area contributed by atoms with Crippen LogP contribution in [0.5, 0.6) is 5.75 Å². The van der Waals surface area contributed by atoms with Gasteiger partial charge >= 0.3 is 0 Å². The van der Waals surface area contributed by atoms with Gasteiger partial charge in [-0.15, -0.1) is 5.10 Å². The zero-order valence-electron chi connectivity index (χ0n) is 13.5. The average molecular weight is 335 g/mol. The summed E-state index contributed by atoms with van der Waals surface area (Å²) < 4.78 is 6.98. The summed E-state index contributed by atoms with van der Waals surface area (Å²) in [4.78, 5) is 0. The standard InChI is InChI=1S/C17H17N7O/c1-25-15-7-4-11(17(20)21)8-13(15)14-9-24(23-22-14)12-5-2-10(3-6-12)16(18)19/h2-9H,1H3,(H3,18,19)(H3,20,21). The van der Waals surface area contributed by atoms with Crippen molar-refractivity contribution in [1.29, 1.82) is 10.8 Å². The van der Waals surface area contributed by atoms with E-state index < -0.39 is 0 Å². The highest BCUT2D eigenvalue weighted by molar-refractivity contribution is 5.96. The first-order valence-electron chi connectivity index (χ1n) is 7.39. The summed E-state index contributed by atoms with van der Waals surface area (Å²) >= 11 is 0. The number of ether oxygens (including phenoxy) is 1. The number of rotatable bonds is 5. The third-order valence-corrected chi connectivity index (χ3v) is 3.72. The molecule has 8 heteroatoms. The lowest BCUT2D eigenvalue weighted by Gasteiger charge is -2.08. The molecule has 0 bridgehead atoms. The molecule has 1 aromatic heterocycles. The summed E-state index contributed by atoms with van der Waals surface area (Å²) in [6.45, 7) is 0. The first kappa shape index (κ1) is 16.2. The van der Waals surface area contributed by atoms with Gasteiger partial charge in [-0.2, -0.15) is 0 Å². The summed E-state index contributed by atoms with van der Waals surface area (Å²) in [5.41, 5.74) is 14.3. The van der Waals surface area contributed by atoms with Gasteiger partial charge in [0.05, 0.1) is 19.0 Å². The Labute approximate surface area is 144 Å². The van der Waals surface area contributed by atoms with E-state index in [0.29, 0.717) is 28.1 Å². The van der Waals surface area contributed by atoms with E-state index in [0.717, 1.165) is 5.69 Å². The number of nitrogen functional groups attached to an aromatic ring is 2. The van der Waals surface area contributed by atoms with Crippen LogP contribution in [-0.2, 0) is 0 Å². The summed E-state index contributed by atoms with van der Waals surface area (Å²) in [6.07, 6.45) is 1.75. The molecule has 0 spiro atoms. The molecule has 25 heavy (non-hydrogen) atoms. The molecule has 0 saturated carbocycles. The quantitative estimate of drug-likeness (QED) is 0.413. The lowest BCUT2D eigenvalue weighted by molar-refractivity contribution is 0.416. The molecule has 3 aromatic rings. The molecular weight excluding hydrogens is 318 g/mol.